The Labute approximate surface area is 124 Å². The second-order valence-electron chi connectivity index (χ2n) is 5.51. The van der Waals surface area contributed by atoms with Crippen LogP contribution in [0.3, 0.4) is 0 Å². The Hall–Kier alpha value is -1.88. The molecule has 0 saturated carbocycles. The van der Waals surface area contributed by atoms with E-state index < -0.39 is 12.0 Å². The van der Waals surface area contributed by atoms with Gasteiger partial charge in [0.05, 0.1) is 12.0 Å². The van der Waals surface area contributed by atoms with Crippen molar-refractivity contribution in [3.63, 3.8) is 0 Å². The molecule has 5 heteroatoms. The molecule has 0 aliphatic carbocycles. The lowest BCUT2D eigenvalue weighted by Gasteiger charge is -2.33. The molecule has 4 N–H and O–H groups in total. The van der Waals surface area contributed by atoms with Crippen LogP contribution in [0.1, 0.15) is 43.2 Å². The molecule has 3 atom stereocenters. The lowest BCUT2D eigenvalue weighted by atomic mass is 9.82. The second kappa shape index (κ2) is 6.72. The minimum atomic E-state index is -0.721. The molecule has 1 aromatic carbocycles. The van der Waals surface area contributed by atoms with Crippen molar-refractivity contribution in [2.75, 3.05) is 6.61 Å². The highest BCUT2D eigenvalue weighted by atomic mass is 16.5. The van der Waals surface area contributed by atoms with Crippen molar-refractivity contribution in [2.24, 2.45) is 11.7 Å². The highest BCUT2D eigenvalue weighted by Gasteiger charge is 2.39. The third-order valence-electron chi connectivity index (χ3n) is 4.05. The molecule has 0 bridgehead atoms. The van der Waals surface area contributed by atoms with Crippen molar-refractivity contribution < 1.29 is 14.6 Å². The van der Waals surface area contributed by atoms with Gasteiger partial charge in [-0.3, -0.25) is 10.2 Å². The monoisotopic (exact) mass is 290 g/mol. The maximum absolute atomic E-state index is 11.8. The molecule has 1 fully saturated rings. The number of cyclic esters (lactones) is 1. The average molecular weight is 290 g/mol. The Morgan fingerprint density at radius 3 is 2.67 bits per heavy atom. The fourth-order valence-corrected chi connectivity index (χ4v) is 2.71. The average Bonchev–Trinajstić information content (AvgIpc) is 2.47. The van der Waals surface area contributed by atoms with Crippen molar-refractivity contribution in [1.29, 1.82) is 5.41 Å². The largest absolute Gasteiger partial charge is 0.465 e. The first-order valence-corrected chi connectivity index (χ1v) is 7.33. The van der Waals surface area contributed by atoms with E-state index in [2.05, 4.69) is 6.92 Å². The summed E-state index contributed by atoms with van der Waals surface area (Å²) in [6.45, 7) is 2.25. The standard InChI is InChI=1S/C16H22N2O3/c1-2-3-4-12-14(19)13(9-21-16(12)20)10-5-7-11(8-6-10)15(17)18/h5-8,12-14,19H,2-4,9H2,1H3,(H3,17,18). The van der Waals surface area contributed by atoms with E-state index in [9.17, 15) is 9.90 Å². The Morgan fingerprint density at radius 1 is 1.43 bits per heavy atom. The van der Waals surface area contributed by atoms with Crippen LogP contribution in [0.25, 0.3) is 0 Å². The Bertz CT molecular complexity index is 513. The van der Waals surface area contributed by atoms with Crippen LogP contribution in [0.4, 0.5) is 0 Å². The van der Waals surface area contributed by atoms with Gasteiger partial charge in [-0.15, -0.1) is 0 Å². The fourth-order valence-electron chi connectivity index (χ4n) is 2.71. The summed E-state index contributed by atoms with van der Waals surface area (Å²) in [7, 11) is 0. The number of rotatable bonds is 5. The minimum absolute atomic E-state index is 0.0120. The molecule has 1 aliphatic rings. The minimum Gasteiger partial charge on any atom is -0.465 e. The third-order valence-corrected chi connectivity index (χ3v) is 4.05. The van der Waals surface area contributed by atoms with Gasteiger partial charge in [-0.25, -0.2) is 0 Å². The number of esters is 1. The molecule has 1 heterocycles. The number of nitrogens with one attached hydrogen (secondary N) is 1. The molecule has 0 spiro atoms. The maximum Gasteiger partial charge on any atom is 0.311 e. The number of aliphatic hydroxyl groups excluding tert-OH is 1. The molecule has 2 rings (SSSR count). The fraction of sp³-hybridized carbons (Fsp3) is 0.500. The van der Waals surface area contributed by atoms with Gasteiger partial charge in [-0.2, -0.15) is 0 Å². The Balaban J connectivity index is 2.15. The first-order chi connectivity index (χ1) is 10.0. The molecule has 114 valence electrons. The van der Waals surface area contributed by atoms with E-state index in [1.54, 1.807) is 12.1 Å². The van der Waals surface area contributed by atoms with Crippen LogP contribution >= 0.6 is 0 Å². The topological polar surface area (TPSA) is 96.4 Å². The predicted molar refractivity (Wildman–Crippen MR) is 80.2 cm³/mol. The summed E-state index contributed by atoms with van der Waals surface area (Å²) in [6.07, 6.45) is 1.81. The van der Waals surface area contributed by atoms with Gasteiger partial charge in [0.25, 0.3) is 0 Å². The van der Waals surface area contributed by atoms with Gasteiger partial charge >= 0.3 is 5.97 Å². The van der Waals surface area contributed by atoms with Crippen LogP contribution in [-0.4, -0.2) is 29.6 Å². The lowest BCUT2D eigenvalue weighted by molar-refractivity contribution is -0.163. The number of nitrogen functional groups attached to an aromatic ring is 1. The summed E-state index contributed by atoms with van der Waals surface area (Å²) in [4.78, 5) is 11.8. The van der Waals surface area contributed by atoms with Crippen molar-refractivity contribution >= 4 is 11.8 Å². The SMILES string of the molecule is CCCCC1C(=O)OCC(c2ccc(C(=N)N)cc2)C1O. The van der Waals surface area contributed by atoms with Crippen LogP contribution in [0, 0.1) is 11.3 Å². The zero-order valence-electron chi connectivity index (χ0n) is 12.2. The van der Waals surface area contributed by atoms with E-state index in [0.717, 1.165) is 18.4 Å². The van der Waals surface area contributed by atoms with Gasteiger partial charge in [0, 0.05) is 11.5 Å². The van der Waals surface area contributed by atoms with Gasteiger partial charge in [-0.1, -0.05) is 44.0 Å². The number of hydrogen-bond donors (Lipinski definition) is 3. The second-order valence-corrected chi connectivity index (χ2v) is 5.51. The number of benzene rings is 1. The Kier molecular flexibility index (Phi) is 4.96. The summed E-state index contributed by atoms with van der Waals surface area (Å²) in [5.41, 5.74) is 6.98. The molecule has 0 radical (unpaired) electrons. The molecular formula is C16H22N2O3. The quantitative estimate of drug-likeness (QED) is 0.437. The number of amidine groups is 1. The number of ether oxygens (including phenoxy) is 1. The first-order valence-electron chi connectivity index (χ1n) is 7.33. The van der Waals surface area contributed by atoms with Crippen molar-refractivity contribution in [2.45, 2.75) is 38.2 Å². The van der Waals surface area contributed by atoms with E-state index in [-0.39, 0.29) is 24.3 Å². The van der Waals surface area contributed by atoms with E-state index in [1.807, 2.05) is 12.1 Å². The summed E-state index contributed by atoms with van der Waals surface area (Å²) < 4.78 is 5.24. The van der Waals surface area contributed by atoms with Gasteiger partial charge in [0.2, 0.25) is 0 Å². The van der Waals surface area contributed by atoms with Crippen molar-refractivity contribution in [3.05, 3.63) is 35.4 Å². The van der Waals surface area contributed by atoms with Crippen LogP contribution in [0.15, 0.2) is 24.3 Å². The van der Waals surface area contributed by atoms with E-state index >= 15 is 0 Å². The van der Waals surface area contributed by atoms with Crippen molar-refractivity contribution in [3.8, 4) is 0 Å². The van der Waals surface area contributed by atoms with Gasteiger partial charge < -0.3 is 15.6 Å². The Morgan fingerprint density at radius 2 is 2.10 bits per heavy atom. The van der Waals surface area contributed by atoms with Gasteiger partial charge in [0.15, 0.2) is 0 Å². The van der Waals surface area contributed by atoms with Crippen LogP contribution < -0.4 is 5.73 Å². The van der Waals surface area contributed by atoms with E-state index in [4.69, 9.17) is 15.9 Å². The zero-order chi connectivity index (χ0) is 15.4. The number of carbonyl (C=O) groups is 1. The third kappa shape index (κ3) is 3.42. The van der Waals surface area contributed by atoms with Crippen molar-refractivity contribution in [1.82, 2.24) is 0 Å². The molecule has 1 aliphatic heterocycles. The smallest absolute Gasteiger partial charge is 0.311 e. The van der Waals surface area contributed by atoms with E-state index in [0.29, 0.717) is 12.0 Å². The normalized spacial score (nSPS) is 25.4. The summed E-state index contributed by atoms with van der Waals surface area (Å²) in [5.74, 6) is -0.952. The van der Waals surface area contributed by atoms with Crippen LogP contribution in [0.5, 0.6) is 0 Å². The van der Waals surface area contributed by atoms with Crippen LogP contribution in [-0.2, 0) is 9.53 Å². The summed E-state index contributed by atoms with van der Waals surface area (Å²) in [5, 5.41) is 17.9. The molecule has 0 amide bonds. The first kappa shape index (κ1) is 15.5. The number of aliphatic hydroxyl groups is 1. The highest BCUT2D eigenvalue weighted by Crippen LogP contribution is 2.32. The number of nitrogens with two attached hydrogens (primary N) is 1. The predicted octanol–water partition coefficient (Wildman–Crippen LogP) is 1.78. The summed E-state index contributed by atoms with van der Waals surface area (Å²) in [6, 6.07) is 7.17. The molecular weight excluding hydrogens is 268 g/mol. The van der Waals surface area contributed by atoms with Crippen LogP contribution in [0.2, 0.25) is 0 Å². The number of carbonyl (C=O) groups excluding carboxylic acids is 1. The van der Waals surface area contributed by atoms with Gasteiger partial charge in [0.1, 0.15) is 12.4 Å². The molecule has 0 aromatic heterocycles. The molecule has 1 saturated heterocycles. The zero-order valence-corrected chi connectivity index (χ0v) is 12.2. The number of unbranched alkanes of at least 4 members (excludes halogenated alkanes) is 1. The molecule has 3 unspecified atom stereocenters. The van der Waals surface area contributed by atoms with E-state index in [1.165, 1.54) is 0 Å². The van der Waals surface area contributed by atoms with Gasteiger partial charge in [-0.05, 0) is 12.0 Å². The number of hydrogen-bond acceptors (Lipinski definition) is 4. The molecule has 21 heavy (non-hydrogen) atoms. The molecule has 1 aromatic rings. The molecule has 5 nitrogen and oxygen atoms in total. The highest BCUT2D eigenvalue weighted by molar-refractivity contribution is 5.94. The maximum atomic E-state index is 11.8. The summed E-state index contributed by atoms with van der Waals surface area (Å²) >= 11 is 0. The lowest BCUT2D eigenvalue weighted by Crippen LogP contribution is -2.42.